The van der Waals surface area contributed by atoms with Crippen LogP contribution in [0.4, 0.5) is 10.7 Å². The van der Waals surface area contributed by atoms with Crippen LogP contribution < -0.4 is 16.2 Å². The van der Waals surface area contributed by atoms with Crippen molar-refractivity contribution in [3.05, 3.63) is 34.8 Å². The fourth-order valence-corrected chi connectivity index (χ4v) is 1.52. The van der Waals surface area contributed by atoms with Crippen molar-refractivity contribution < 1.29 is 9.59 Å². The van der Waals surface area contributed by atoms with Gasteiger partial charge >= 0.3 is 6.03 Å². The number of carbonyl (C=O) groups is 2. The number of unbranched alkanes of at least 4 members (excludes halogenated alkanes) is 1. The summed E-state index contributed by atoms with van der Waals surface area (Å²) < 4.78 is 0. The molecule has 1 heterocycles. The van der Waals surface area contributed by atoms with Gasteiger partial charge in [0.05, 0.1) is 0 Å². The van der Waals surface area contributed by atoms with Crippen LogP contribution in [0.15, 0.2) is 23.5 Å². The summed E-state index contributed by atoms with van der Waals surface area (Å²) in [6.45, 7) is 5.48. The minimum absolute atomic E-state index is 0.00372. The fourth-order valence-electron chi connectivity index (χ4n) is 1.52. The molecule has 0 bridgehead atoms. The quantitative estimate of drug-likeness (QED) is 0.513. The van der Waals surface area contributed by atoms with Crippen LogP contribution in [0, 0.1) is 6.92 Å². The maximum atomic E-state index is 11.5. The van der Waals surface area contributed by atoms with Crippen molar-refractivity contribution >= 4 is 17.8 Å². The molecule has 0 radical (unpaired) electrons. The van der Waals surface area contributed by atoms with Crippen molar-refractivity contribution in [2.45, 2.75) is 26.2 Å². The summed E-state index contributed by atoms with van der Waals surface area (Å²) in [4.78, 5) is 40.0. The molecule has 0 fully saturated rings. The molecular weight excluding hydrogens is 260 g/mol. The van der Waals surface area contributed by atoms with Crippen LogP contribution in [0.1, 0.15) is 25.0 Å². The van der Waals surface area contributed by atoms with Crippen molar-refractivity contribution in [1.82, 2.24) is 15.3 Å². The average Bonchev–Trinajstić information content (AvgIpc) is 2.36. The molecule has 108 valence electrons. The van der Waals surface area contributed by atoms with E-state index in [2.05, 4.69) is 27.2 Å². The number of aromatic nitrogens is 2. The van der Waals surface area contributed by atoms with Gasteiger partial charge in [-0.05, 0) is 25.8 Å². The molecule has 7 heteroatoms. The standard InChI is InChI=1S/C13H18N4O3/c1-3-10(18)6-4-5-7-14-13(20)17-12-15-9(2)8-11(19)16-12/h3,8H,1,4-7H2,2H3,(H3,14,15,16,17,19,20). The third kappa shape index (κ3) is 5.94. The molecule has 1 rings (SSSR count). The van der Waals surface area contributed by atoms with Crippen LogP contribution in [0.2, 0.25) is 0 Å². The molecular formula is C13H18N4O3. The zero-order valence-corrected chi connectivity index (χ0v) is 11.4. The normalized spacial score (nSPS) is 9.85. The molecule has 0 aliphatic rings. The minimum atomic E-state index is -0.450. The number of amides is 2. The average molecular weight is 278 g/mol. The molecule has 0 atom stereocenters. The van der Waals surface area contributed by atoms with Gasteiger partial charge in [-0.1, -0.05) is 6.58 Å². The van der Waals surface area contributed by atoms with Gasteiger partial charge < -0.3 is 5.32 Å². The lowest BCUT2D eigenvalue weighted by Crippen LogP contribution is -2.31. The monoisotopic (exact) mass is 278 g/mol. The van der Waals surface area contributed by atoms with Gasteiger partial charge in [-0.2, -0.15) is 0 Å². The minimum Gasteiger partial charge on any atom is -0.338 e. The van der Waals surface area contributed by atoms with Crippen LogP contribution in [0.25, 0.3) is 0 Å². The highest BCUT2D eigenvalue weighted by Crippen LogP contribution is 1.97. The van der Waals surface area contributed by atoms with E-state index in [-0.39, 0.29) is 17.3 Å². The predicted molar refractivity (Wildman–Crippen MR) is 75.7 cm³/mol. The summed E-state index contributed by atoms with van der Waals surface area (Å²) in [5.41, 5.74) is 0.197. The molecule has 0 aliphatic heterocycles. The number of allylic oxidation sites excluding steroid dienone is 1. The molecule has 3 N–H and O–H groups in total. The number of ketones is 1. The molecule has 2 amide bonds. The first-order chi connectivity index (χ1) is 9.51. The number of hydrogen-bond acceptors (Lipinski definition) is 4. The Labute approximate surface area is 116 Å². The number of H-pyrrole nitrogens is 1. The van der Waals surface area contributed by atoms with Crippen LogP contribution in [0.3, 0.4) is 0 Å². The van der Waals surface area contributed by atoms with Gasteiger partial charge in [0.25, 0.3) is 5.56 Å². The molecule has 0 saturated heterocycles. The maximum absolute atomic E-state index is 11.5. The summed E-state index contributed by atoms with van der Waals surface area (Å²) >= 11 is 0. The van der Waals surface area contributed by atoms with E-state index >= 15 is 0 Å². The Balaban J connectivity index is 2.28. The Kier molecular flexibility index (Phi) is 6.15. The molecule has 0 aliphatic carbocycles. The highest BCUT2D eigenvalue weighted by Gasteiger charge is 2.04. The molecule has 7 nitrogen and oxygen atoms in total. The first-order valence-corrected chi connectivity index (χ1v) is 6.29. The predicted octanol–water partition coefficient (Wildman–Crippen LogP) is 1.13. The highest BCUT2D eigenvalue weighted by molar-refractivity contribution is 5.89. The van der Waals surface area contributed by atoms with Gasteiger partial charge in [-0.25, -0.2) is 9.78 Å². The lowest BCUT2D eigenvalue weighted by molar-refractivity contribution is -0.114. The number of urea groups is 1. The van der Waals surface area contributed by atoms with E-state index in [0.717, 1.165) is 0 Å². The number of carbonyl (C=O) groups excluding carboxylic acids is 2. The van der Waals surface area contributed by atoms with Crippen molar-refractivity contribution in [2.24, 2.45) is 0 Å². The lowest BCUT2D eigenvalue weighted by Gasteiger charge is -2.06. The SMILES string of the molecule is C=CC(=O)CCCCNC(=O)Nc1nc(C)cc(=O)[nH]1. The fraction of sp³-hybridized carbons (Fsp3) is 0.385. The van der Waals surface area contributed by atoms with Gasteiger partial charge in [0.1, 0.15) is 0 Å². The summed E-state index contributed by atoms with van der Waals surface area (Å²) in [5.74, 6) is 0.102. The summed E-state index contributed by atoms with van der Waals surface area (Å²) in [6, 6.07) is 0.883. The van der Waals surface area contributed by atoms with Gasteiger partial charge in [0.2, 0.25) is 5.95 Å². The zero-order chi connectivity index (χ0) is 15.0. The van der Waals surface area contributed by atoms with Crippen molar-refractivity contribution in [2.75, 3.05) is 11.9 Å². The van der Waals surface area contributed by atoms with Gasteiger partial charge in [0.15, 0.2) is 5.78 Å². The van der Waals surface area contributed by atoms with Crippen molar-refractivity contribution in [1.29, 1.82) is 0 Å². The Morgan fingerprint density at radius 1 is 1.45 bits per heavy atom. The number of anilines is 1. The molecule has 0 unspecified atom stereocenters. The van der Waals surface area contributed by atoms with Crippen LogP contribution in [0.5, 0.6) is 0 Å². The largest absolute Gasteiger partial charge is 0.338 e. The van der Waals surface area contributed by atoms with E-state index < -0.39 is 6.03 Å². The Bertz CT molecular complexity index is 551. The second-order valence-corrected chi connectivity index (χ2v) is 4.24. The van der Waals surface area contributed by atoms with Gasteiger partial charge in [-0.3, -0.25) is 19.9 Å². The second kappa shape index (κ2) is 7.88. The van der Waals surface area contributed by atoms with E-state index in [9.17, 15) is 14.4 Å². The Morgan fingerprint density at radius 3 is 2.85 bits per heavy atom. The van der Waals surface area contributed by atoms with E-state index in [1.165, 1.54) is 12.1 Å². The van der Waals surface area contributed by atoms with E-state index in [4.69, 9.17) is 0 Å². The topological polar surface area (TPSA) is 104 Å². The summed E-state index contributed by atoms with van der Waals surface area (Å²) in [7, 11) is 0. The van der Waals surface area contributed by atoms with Gasteiger partial charge in [-0.15, -0.1) is 0 Å². The van der Waals surface area contributed by atoms with E-state index in [0.29, 0.717) is 31.5 Å². The first-order valence-electron chi connectivity index (χ1n) is 6.29. The van der Waals surface area contributed by atoms with Crippen molar-refractivity contribution in [3.63, 3.8) is 0 Å². The lowest BCUT2D eigenvalue weighted by atomic mass is 10.2. The van der Waals surface area contributed by atoms with Crippen LogP contribution in [-0.2, 0) is 4.79 Å². The highest BCUT2D eigenvalue weighted by atomic mass is 16.2. The number of nitrogens with zero attached hydrogens (tertiary/aromatic N) is 1. The Morgan fingerprint density at radius 2 is 2.20 bits per heavy atom. The molecule has 1 aromatic heterocycles. The summed E-state index contributed by atoms with van der Waals surface area (Å²) in [5, 5.41) is 5.05. The number of rotatable bonds is 7. The number of aromatic amines is 1. The first kappa shape index (κ1) is 15.6. The Hall–Kier alpha value is -2.44. The molecule has 0 aromatic carbocycles. The summed E-state index contributed by atoms with van der Waals surface area (Å²) in [6.07, 6.45) is 3.09. The van der Waals surface area contributed by atoms with E-state index in [1.54, 1.807) is 6.92 Å². The van der Waals surface area contributed by atoms with Crippen LogP contribution in [-0.4, -0.2) is 28.3 Å². The number of nitrogens with one attached hydrogen (secondary N) is 3. The van der Waals surface area contributed by atoms with Gasteiger partial charge in [0, 0.05) is 24.7 Å². The maximum Gasteiger partial charge on any atom is 0.321 e. The smallest absolute Gasteiger partial charge is 0.321 e. The molecule has 20 heavy (non-hydrogen) atoms. The third-order valence-electron chi connectivity index (χ3n) is 2.46. The zero-order valence-electron chi connectivity index (χ0n) is 11.4. The van der Waals surface area contributed by atoms with E-state index in [1.807, 2.05) is 0 Å². The number of aryl methyl sites for hydroxylation is 1. The molecule has 1 aromatic rings. The molecule has 0 spiro atoms. The number of hydrogen-bond donors (Lipinski definition) is 3. The molecule has 0 saturated carbocycles. The van der Waals surface area contributed by atoms with Crippen molar-refractivity contribution in [3.8, 4) is 0 Å². The third-order valence-corrected chi connectivity index (χ3v) is 2.46. The van der Waals surface area contributed by atoms with Crippen LogP contribution >= 0.6 is 0 Å². The second-order valence-electron chi connectivity index (χ2n) is 4.24.